The molecule has 0 aromatic rings. The van der Waals surface area contributed by atoms with Gasteiger partial charge in [-0.3, -0.25) is 0 Å². The van der Waals surface area contributed by atoms with Crippen LogP contribution in [-0.4, -0.2) is 0 Å². The molecule has 0 N–H and O–H groups in total. The van der Waals surface area contributed by atoms with Gasteiger partial charge in [0.15, 0.2) is 0 Å². The predicted octanol–water partition coefficient (Wildman–Crippen LogP) is 1.58. The Morgan fingerprint density at radius 3 is 2.50 bits per heavy atom. The summed E-state index contributed by atoms with van der Waals surface area (Å²) in [6, 6.07) is 0. The Kier molecular flexibility index (Phi) is 0.584. The van der Waals surface area contributed by atoms with E-state index in [0.717, 1.165) is 0 Å². The first-order valence-electron chi connectivity index (χ1n) is 2.70. The van der Waals surface area contributed by atoms with Gasteiger partial charge in [-0.25, -0.2) is 0 Å². The molecule has 0 aromatic carbocycles. The van der Waals surface area contributed by atoms with E-state index in [0.29, 0.717) is 0 Å². The minimum absolute atomic E-state index is 1.19. The molecule has 0 aromatic heterocycles. The van der Waals surface area contributed by atoms with Crippen LogP contribution in [0.1, 0.15) is 17.9 Å². The Labute approximate surface area is 31.4 Å². The molecule has 0 aliphatic carbocycles. The van der Waals surface area contributed by atoms with Crippen molar-refractivity contribution in [2.75, 3.05) is 0 Å². The molecule has 0 spiro atoms. The SMILES string of the molecule is [2H]C([2H])([2H])C=CC. The highest BCUT2D eigenvalue weighted by Crippen LogP contribution is 1.57. The van der Waals surface area contributed by atoms with Crippen LogP contribution in [0.5, 0.6) is 0 Å². The summed E-state index contributed by atoms with van der Waals surface area (Å²) in [6.45, 7) is -0.193. The molecule has 0 nitrogen and oxygen atoms in total. The number of hydrogen-bond acceptors (Lipinski definition) is 0. The van der Waals surface area contributed by atoms with Crippen LogP contribution in [-0.2, 0) is 0 Å². The first-order chi connectivity index (χ1) is 3.06. The average Bonchev–Trinajstić information content (AvgIpc) is 1.30. The van der Waals surface area contributed by atoms with Crippen molar-refractivity contribution >= 4 is 0 Å². The van der Waals surface area contributed by atoms with Crippen LogP contribution in [0.4, 0.5) is 0 Å². The lowest BCUT2D eigenvalue weighted by Crippen LogP contribution is -1.26. The first kappa shape index (κ1) is 0.852. The second-order valence-electron chi connectivity index (χ2n) is 0.500. The summed E-state index contributed by atoms with van der Waals surface area (Å²) in [5.41, 5.74) is 0. The Bertz CT molecular complexity index is 69.5. The summed E-state index contributed by atoms with van der Waals surface area (Å²) in [4.78, 5) is 0. The molecule has 0 heteroatoms. The molecule has 0 atom stereocenters. The topological polar surface area (TPSA) is 0 Å². The second kappa shape index (κ2) is 2.74. The molecule has 0 saturated heterocycles. The van der Waals surface area contributed by atoms with Crippen molar-refractivity contribution in [3.63, 3.8) is 0 Å². The van der Waals surface area contributed by atoms with E-state index in [9.17, 15) is 0 Å². The molecule has 0 aliphatic heterocycles. The standard InChI is InChI=1S/C4H8/c1-3-4-2/h3-4H,1-2H3/i1D3. The van der Waals surface area contributed by atoms with Crippen molar-refractivity contribution in [2.45, 2.75) is 13.8 Å². The Hall–Kier alpha value is -0.260. The second-order valence-corrected chi connectivity index (χ2v) is 0.500. The zero-order chi connectivity index (χ0) is 5.91. The highest BCUT2D eigenvalue weighted by molar-refractivity contribution is 4.68. The van der Waals surface area contributed by atoms with Crippen LogP contribution in [0.2, 0.25) is 0 Å². The van der Waals surface area contributed by atoms with E-state index in [1.54, 1.807) is 6.92 Å². The van der Waals surface area contributed by atoms with Crippen LogP contribution in [0, 0.1) is 0 Å². The fourth-order valence-corrected chi connectivity index (χ4v) is 0. The first-order valence-corrected chi connectivity index (χ1v) is 1.20. The van der Waals surface area contributed by atoms with E-state index in [2.05, 4.69) is 0 Å². The van der Waals surface area contributed by atoms with Crippen LogP contribution in [0.25, 0.3) is 0 Å². The van der Waals surface area contributed by atoms with Crippen LogP contribution in [0.3, 0.4) is 0 Å². The zero-order valence-corrected chi connectivity index (χ0v) is 2.65. The van der Waals surface area contributed by atoms with Gasteiger partial charge in [-0.2, -0.15) is 0 Å². The van der Waals surface area contributed by atoms with Crippen molar-refractivity contribution in [2.24, 2.45) is 0 Å². The Morgan fingerprint density at radius 1 is 1.75 bits per heavy atom. The van der Waals surface area contributed by atoms with Crippen molar-refractivity contribution in [1.29, 1.82) is 0 Å². The highest BCUT2D eigenvalue weighted by Gasteiger charge is 1.34. The Balaban J connectivity index is 3.56. The molecular formula is C4H8. The van der Waals surface area contributed by atoms with E-state index >= 15 is 0 Å². The zero-order valence-electron chi connectivity index (χ0n) is 5.65. The van der Waals surface area contributed by atoms with Crippen LogP contribution < -0.4 is 0 Å². The third kappa shape index (κ3) is 1.74. The maximum atomic E-state index is 6.58. The van der Waals surface area contributed by atoms with Gasteiger partial charge in [0.1, 0.15) is 0 Å². The van der Waals surface area contributed by atoms with Crippen molar-refractivity contribution in [1.82, 2.24) is 0 Å². The van der Waals surface area contributed by atoms with Gasteiger partial charge >= 0.3 is 0 Å². The molecule has 0 radical (unpaired) electrons. The van der Waals surface area contributed by atoms with E-state index < -0.39 is 6.85 Å². The lowest BCUT2D eigenvalue weighted by atomic mass is 10.6. The van der Waals surface area contributed by atoms with E-state index in [1.807, 2.05) is 0 Å². The quantitative estimate of drug-likeness (QED) is 0.372. The smallest absolute Gasteiger partial charge is 0.0273 e. The summed E-state index contributed by atoms with van der Waals surface area (Å²) in [6.07, 6.45) is 2.71. The van der Waals surface area contributed by atoms with Crippen LogP contribution in [0.15, 0.2) is 12.2 Å². The summed E-state index contributed by atoms with van der Waals surface area (Å²) < 4.78 is 19.7. The molecule has 0 heterocycles. The van der Waals surface area contributed by atoms with Gasteiger partial charge in [-0.15, -0.1) is 0 Å². The fourth-order valence-electron chi connectivity index (χ4n) is 0. The van der Waals surface area contributed by atoms with Gasteiger partial charge < -0.3 is 0 Å². The maximum absolute atomic E-state index is 6.58. The largest absolute Gasteiger partial charge is 0.0919 e. The lowest BCUT2D eigenvalue weighted by molar-refractivity contribution is 1.64. The van der Waals surface area contributed by atoms with Crippen LogP contribution >= 0.6 is 0 Å². The Morgan fingerprint density at radius 2 is 2.50 bits per heavy atom. The molecular weight excluding hydrogens is 48.0 g/mol. The molecule has 0 unspecified atom stereocenters. The minimum Gasteiger partial charge on any atom is -0.0919 e. The highest BCUT2D eigenvalue weighted by atomic mass is 13.4. The van der Waals surface area contributed by atoms with E-state index in [1.165, 1.54) is 12.2 Å². The molecule has 24 valence electrons. The molecule has 0 amide bonds. The molecule has 0 saturated carbocycles. The van der Waals surface area contributed by atoms with E-state index in [4.69, 9.17) is 4.11 Å². The summed E-state index contributed by atoms with van der Waals surface area (Å²) in [7, 11) is 0. The summed E-state index contributed by atoms with van der Waals surface area (Å²) in [5.74, 6) is 0. The van der Waals surface area contributed by atoms with Gasteiger partial charge in [0.2, 0.25) is 0 Å². The van der Waals surface area contributed by atoms with Crippen molar-refractivity contribution in [3.8, 4) is 0 Å². The average molecular weight is 59.1 g/mol. The fraction of sp³-hybridized carbons (Fsp3) is 0.500. The predicted molar refractivity (Wildman–Crippen MR) is 20.5 cm³/mol. The van der Waals surface area contributed by atoms with E-state index in [-0.39, 0.29) is 0 Å². The lowest BCUT2D eigenvalue weighted by Gasteiger charge is -1.49. The summed E-state index contributed by atoms with van der Waals surface area (Å²) >= 11 is 0. The summed E-state index contributed by atoms with van der Waals surface area (Å²) in [5, 5.41) is 0. The van der Waals surface area contributed by atoms with Crippen molar-refractivity contribution in [3.05, 3.63) is 12.2 Å². The van der Waals surface area contributed by atoms with Gasteiger partial charge in [0, 0.05) is 4.11 Å². The molecule has 0 rings (SSSR count). The molecule has 0 aliphatic rings. The third-order valence-corrected chi connectivity index (χ3v) is 0.167. The minimum atomic E-state index is -1.88. The molecule has 0 bridgehead atoms. The number of allylic oxidation sites excluding steroid dienone is 2. The number of hydrogen-bond donors (Lipinski definition) is 0. The van der Waals surface area contributed by atoms with Gasteiger partial charge in [-0.05, 0) is 13.8 Å². The number of rotatable bonds is 0. The normalized spacial score (nSPS) is 23.8. The monoisotopic (exact) mass is 59.1 g/mol. The maximum Gasteiger partial charge on any atom is 0.0273 e. The van der Waals surface area contributed by atoms with Gasteiger partial charge in [0.25, 0.3) is 0 Å². The molecule has 0 fully saturated rings. The third-order valence-electron chi connectivity index (χ3n) is 0.167. The van der Waals surface area contributed by atoms with Gasteiger partial charge in [-0.1, -0.05) is 12.2 Å². The van der Waals surface area contributed by atoms with Gasteiger partial charge in [0.05, 0.1) is 0 Å². The van der Waals surface area contributed by atoms with Crippen molar-refractivity contribution < 1.29 is 4.11 Å². The molecule has 4 heavy (non-hydrogen) atoms.